The highest BCUT2D eigenvalue weighted by Gasteiger charge is 2.20. The predicted molar refractivity (Wildman–Crippen MR) is 109 cm³/mol. The average Bonchev–Trinajstić information content (AvgIpc) is 3.08. The first-order chi connectivity index (χ1) is 14.3. The maximum absolute atomic E-state index is 13.3. The minimum atomic E-state index is -0.532. The van der Waals surface area contributed by atoms with Crippen LogP contribution in [0.4, 0.5) is 8.78 Å². The smallest absolute Gasteiger partial charge is 0.257 e. The molecule has 0 bridgehead atoms. The summed E-state index contributed by atoms with van der Waals surface area (Å²) in [6, 6.07) is 11.5. The molecule has 2 heterocycles. The van der Waals surface area contributed by atoms with E-state index in [0.717, 1.165) is 0 Å². The maximum Gasteiger partial charge on any atom is 0.257 e. The second kappa shape index (κ2) is 7.55. The zero-order chi connectivity index (χ0) is 21.4. The van der Waals surface area contributed by atoms with Crippen LogP contribution in [-0.4, -0.2) is 20.3 Å². The second-order valence-corrected chi connectivity index (χ2v) is 6.96. The van der Waals surface area contributed by atoms with Crippen LogP contribution in [0.1, 0.15) is 21.6 Å². The Morgan fingerprint density at radius 3 is 2.27 bits per heavy atom. The third kappa shape index (κ3) is 3.47. The van der Waals surface area contributed by atoms with E-state index < -0.39 is 11.3 Å². The Kier molecular flexibility index (Phi) is 4.91. The van der Waals surface area contributed by atoms with Crippen LogP contribution in [-0.2, 0) is 13.6 Å². The van der Waals surface area contributed by atoms with E-state index >= 15 is 0 Å². The van der Waals surface area contributed by atoms with Gasteiger partial charge in [0.2, 0.25) is 5.43 Å². The van der Waals surface area contributed by atoms with Gasteiger partial charge in [0, 0.05) is 19.8 Å². The fourth-order valence-electron chi connectivity index (χ4n) is 3.36. The molecular formula is C22H18F2N4O2. The van der Waals surface area contributed by atoms with Crippen LogP contribution in [0.3, 0.4) is 0 Å². The fraction of sp³-hybridized carbons (Fsp3) is 0.136. The fourth-order valence-corrected chi connectivity index (χ4v) is 3.36. The van der Waals surface area contributed by atoms with E-state index in [-0.39, 0.29) is 23.7 Å². The lowest BCUT2D eigenvalue weighted by molar-refractivity contribution is 0.0949. The SMILES string of the molecule is Cc1nn(-c2ccc(F)cc2)c2c1c(=O)c(C(=O)NCc1ccc(F)cc1)cn2C. The lowest BCUT2D eigenvalue weighted by Crippen LogP contribution is -2.29. The van der Waals surface area contributed by atoms with Crippen LogP contribution < -0.4 is 10.7 Å². The van der Waals surface area contributed by atoms with Gasteiger partial charge in [-0.15, -0.1) is 0 Å². The highest BCUT2D eigenvalue weighted by atomic mass is 19.1. The van der Waals surface area contributed by atoms with Crippen LogP contribution >= 0.6 is 0 Å². The molecule has 6 nitrogen and oxygen atoms in total. The van der Waals surface area contributed by atoms with Crippen molar-refractivity contribution in [1.82, 2.24) is 19.7 Å². The van der Waals surface area contributed by atoms with Crippen LogP contribution in [0.15, 0.2) is 59.5 Å². The molecule has 4 rings (SSSR count). The molecule has 0 radical (unpaired) electrons. The summed E-state index contributed by atoms with van der Waals surface area (Å²) in [4.78, 5) is 25.7. The minimum Gasteiger partial charge on any atom is -0.348 e. The van der Waals surface area contributed by atoms with Gasteiger partial charge in [0.15, 0.2) is 0 Å². The first-order valence-electron chi connectivity index (χ1n) is 9.22. The molecule has 30 heavy (non-hydrogen) atoms. The van der Waals surface area contributed by atoms with Gasteiger partial charge in [-0.25, -0.2) is 13.5 Å². The molecule has 0 saturated heterocycles. The van der Waals surface area contributed by atoms with Crippen molar-refractivity contribution in [1.29, 1.82) is 0 Å². The van der Waals surface area contributed by atoms with Crippen molar-refractivity contribution in [3.63, 3.8) is 0 Å². The molecule has 4 aromatic rings. The first kappa shape index (κ1) is 19.5. The lowest BCUT2D eigenvalue weighted by Gasteiger charge is -2.10. The standard InChI is InChI=1S/C22H18F2N4O2/c1-13-19-20(29)18(21(30)25-11-14-3-5-15(23)6-4-14)12-27(2)22(19)28(26-13)17-9-7-16(24)8-10-17/h3-10,12H,11H2,1-2H3,(H,25,30). The Morgan fingerprint density at radius 2 is 1.63 bits per heavy atom. The molecule has 0 aliphatic heterocycles. The van der Waals surface area contributed by atoms with Gasteiger partial charge in [0.1, 0.15) is 22.8 Å². The highest BCUT2D eigenvalue weighted by Crippen LogP contribution is 2.20. The highest BCUT2D eigenvalue weighted by molar-refractivity contribution is 5.97. The molecule has 0 aliphatic carbocycles. The summed E-state index contributed by atoms with van der Waals surface area (Å²) in [5.74, 6) is -1.27. The topological polar surface area (TPSA) is 68.9 Å². The number of benzene rings is 2. The normalized spacial score (nSPS) is 11.1. The van der Waals surface area contributed by atoms with Crippen molar-refractivity contribution in [3.8, 4) is 5.69 Å². The summed E-state index contributed by atoms with van der Waals surface area (Å²) in [5, 5.41) is 7.42. The number of carbonyl (C=O) groups excluding carboxylic acids is 1. The van der Waals surface area contributed by atoms with E-state index in [1.54, 1.807) is 47.5 Å². The summed E-state index contributed by atoms with van der Waals surface area (Å²) in [6.45, 7) is 1.85. The van der Waals surface area contributed by atoms with Crippen molar-refractivity contribution < 1.29 is 13.6 Å². The number of aryl methyl sites for hydroxylation is 2. The molecule has 0 spiro atoms. The van der Waals surface area contributed by atoms with Crippen molar-refractivity contribution in [2.45, 2.75) is 13.5 Å². The molecule has 152 valence electrons. The summed E-state index contributed by atoms with van der Waals surface area (Å²) < 4.78 is 29.5. The Bertz CT molecular complexity index is 1310. The number of carbonyl (C=O) groups is 1. The molecule has 0 unspecified atom stereocenters. The molecule has 0 saturated carbocycles. The van der Waals surface area contributed by atoms with E-state index in [4.69, 9.17) is 0 Å². The van der Waals surface area contributed by atoms with Gasteiger partial charge < -0.3 is 9.88 Å². The van der Waals surface area contributed by atoms with Crippen LogP contribution in [0.5, 0.6) is 0 Å². The monoisotopic (exact) mass is 408 g/mol. The Hall–Kier alpha value is -3.81. The number of nitrogens with zero attached hydrogens (tertiary/aromatic N) is 3. The van der Waals surface area contributed by atoms with Crippen molar-refractivity contribution >= 4 is 16.9 Å². The Balaban J connectivity index is 1.72. The third-order valence-electron chi connectivity index (χ3n) is 4.85. The molecular weight excluding hydrogens is 390 g/mol. The van der Waals surface area contributed by atoms with Gasteiger partial charge in [-0.3, -0.25) is 9.59 Å². The molecule has 1 N–H and O–H groups in total. The first-order valence-corrected chi connectivity index (χ1v) is 9.22. The third-order valence-corrected chi connectivity index (χ3v) is 4.85. The summed E-state index contributed by atoms with van der Waals surface area (Å²) in [5.41, 5.74) is 1.81. The number of hydrogen-bond donors (Lipinski definition) is 1. The Labute approximate surface area is 170 Å². The summed E-state index contributed by atoms with van der Waals surface area (Å²) >= 11 is 0. The summed E-state index contributed by atoms with van der Waals surface area (Å²) in [7, 11) is 1.71. The van der Waals surface area contributed by atoms with Crippen LogP contribution in [0.2, 0.25) is 0 Å². The molecule has 0 aliphatic rings. The van der Waals surface area contributed by atoms with Gasteiger partial charge >= 0.3 is 0 Å². The van der Waals surface area contributed by atoms with E-state index in [1.165, 1.54) is 30.5 Å². The molecule has 0 atom stereocenters. The molecule has 1 amide bonds. The number of amides is 1. The number of fused-ring (bicyclic) bond motifs is 1. The maximum atomic E-state index is 13.3. The second-order valence-electron chi connectivity index (χ2n) is 6.96. The van der Waals surface area contributed by atoms with Gasteiger partial charge in [-0.05, 0) is 48.9 Å². The van der Waals surface area contributed by atoms with E-state index in [1.807, 2.05) is 0 Å². The number of rotatable bonds is 4. The molecule has 2 aromatic carbocycles. The van der Waals surface area contributed by atoms with E-state index in [2.05, 4.69) is 10.4 Å². The van der Waals surface area contributed by atoms with Crippen molar-refractivity contribution in [2.24, 2.45) is 7.05 Å². The predicted octanol–water partition coefficient (Wildman–Crippen LogP) is 3.24. The van der Waals surface area contributed by atoms with Gasteiger partial charge in [-0.2, -0.15) is 5.10 Å². The molecule has 2 aromatic heterocycles. The van der Waals surface area contributed by atoms with Crippen LogP contribution in [0.25, 0.3) is 16.7 Å². The van der Waals surface area contributed by atoms with Gasteiger partial charge in [0.25, 0.3) is 5.91 Å². The summed E-state index contributed by atoms with van der Waals surface area (Å²) in [6.07, 6.45) is 1.45. The van der Waals surface area contributed by atoms with Gasteiger partial charge in [-0.1, -0.05) is 12.1 Å². The number of hydrogen-bond acceptors (Lipinski definition) is 3. The number of aromatic nitrogens is 3. The number of pyridine rings is 1. The quantitative estimate of drug-likeness (QED) is 0.564. The largest absolute Gasteiger partial charge is 0.348 e. The lowest BCUT2D eigenvalue weighted by atomic mass is 10.1. The Morgan fingerprint density at radius 1 is 1.03 bits per heavy atom. The van der Waals surface area contributed by atoms with Gasteiger partial charge in [0.05, 0.1) is 16.8 Å². The van der Waals surface area contributed by atoms with Crippen molar-refractivity contribution in [3.05, 3.63) is 93.4 Å². The van der Waals surface area contributed by atoms with Crippen LogP contribution in [0, 0.1) is 18.6 Å². The molecule has 0 fully saturated rings. The average molecular weight is 408 g/mol. The number of halogens is 2. The minimum absolute atomic E-state index is 0.0196. The van der Waals surface area contributed by atoms with E-state index in [0.29, 0.717) is 28.0 Å². The zero-order valence-electron chi connectivity index (χ0n) is 16.3. The van der Waals surface area contributed by atoms with E-state index in [9.17, 15) is 18.4 Å². The molecule has 8 heteroatoms. The number of nitrogens with one attached hydrogen (secondary N) is 1. The zero-order valence-corrected chi connectivity index (χ0v) is 16.3. The van der Waals surface area contributed by atoms with Crippen molar-refractivity contribution in [2.75, 3.05) is 0 Å².